The summed E-state index contributed by atoms with van der Waals surface area (Å²) >= 11 is 6.82. The van der Waals surface area contributed by atoms with E-state index in [0.29, 0.717) is 0 Å². The minimum atomic E-state index is -1.92. The standard InChI is InChI=1S/C23H48ClP/c1-5-7-8-9-10-11-12-13-14-15-16-17-18-19-20-21-23-25(3,4,24)22-6-2/h6H,2,5,7-23H2,1,3-4H3. The molecule has 0 aliphatic carbocycles. The Balaban J connectivity index is 3.23. The summed E-state index contributed by atoms with van der Waals surface area (Å²) in [5.74, 6) is -1.92. The van der Waals surface area contributed by atoms with E-state index < -0.39 is 5.96 Å². The fourth-order valence-electron chi connectivity index (χ4n) is 3.64. The number of hydrogen-bond donors (Lipinski definition) is 0. The quantitative estimate of drug-likeness (QED) is 0.117. The molecule has 0 rings (SSSR count). The van der Waals surface area contributed by atoms with E-state index in [1.54, 1.807) is 0 Å². The molecular weight excluding hydrogens is 343 g/mol. The monoisotopic (exact) mass is 390 g/mol. The fourth-order valence-corrected chi connectivity index (χ4v) is 6.47. The van der Waals surface area contributed by atoms with Crippen molar-refractivity contribution in [2.24, 2.45) is 0 Å². The Labute approximate surface area is 165 Å². The van der Waals surface area contributed by atoms with Crippen LogP contribution in [0.5, 0.6) is 0 Å². The zero-order valence-electron chi connectivity index (χ0n) is 17.8. The van der Waals surface area contributed by atoms with E-state index in [-0.39, 0.29) is 0 Å². The summed E-state index contributed by atoms with van der Waals surface area (Å²) in [6.45, 7) is 10.7. The predicted molar refractivity (Wildman–Crippen MR) is 124 cm³/mol. The summed E-state index contributed by atoms with van der Waals surface area (Å²) in [4.78, 5) is 0. The van der Waals surface area contributed by atoms with Gasteiger partial charge in [0.25, 0.3) is 0 Å². The molecule has 25 heavy (non-hydrogen) atoms. The molecule has 0 bridgehead atoms. The first-order valence-electron chi connectivity index (χ1n) is 11.2. The molecule has 0 heterocycles. The summed E-state index contributed by atoms with van der Waals surface area (Å²) in [5.41, 5.74) is 0. The van der Waals surface area contributed by atoms with Crippen LogP contribution in [0.25, 0.3) is 0 Å². The van der Waals surface area contributed by atoms with Gasteiger partial charge in [0.05, 0.1) is 0 Å². The summed E-state index contributed by atoms with van der Waals surface area (Å²) in [6, 6.07) is 0. The second-order valence-corrected chi connectivity index (χ2v) is 18.3. The third-order valence-corrected chi connectivity index (χ3v) is 9.40. The van der Waals surface area contributed by atoms with Gasteiger partial charge in [-0.25, -0.2) is 0 Å². The van der Waals surface area contributed by atoms with Gasteiger partial charge < -0.3 is 0 Å². The minimum Gasteiger partial charge on any atom is -0.0654 e. The molecular formula is C23H48ClP. The predicted octanol–water partition coefficient (Wildman–Crippen LogP) is 9.40. The van der Waals surface area contributed by atoms with Crippen molar-refractivity contribution in [2.75, 3.05) is 25.7 Å². The molecule has 0 spiro atoms. The molecule has 0 aliphatic heterocycles. The molecule has 0 saturated carbocycles. The average Bonchev–Trinajstić information content (AvgIpc) is 2.54. The van der Waals surface area contributed by atoms with Crippen LogP contribution < -0.4 is 0 Å². The second-order valence-electron chi connectivity index (χ2n) is 9.01. The minimum absolute atomic E-state index is 1.02. The van der Waals surface area contributed by atoms with E-state index in [1.807, 2.05) is 6.08 Å². The van der Waals surface area contributed by atoms with Gasteiger partial charge >= 0.3 is 126 Å². The summed E-state index contributed by atoms with van der Waals surface area (Å²) < 4.78 is 0. The SMILES string of the molecule is C=CCP(C)(C)(Cl)CCCCCCCCCCCCCCCCCC. The topological polar surface area (TPSA) is 0 Å². The molecule has 0 aromatic heterocycles. The zero-order valence-corrected chi connectivity index (χ0v) is 19.5. The first-order valence-corrected chi connectivity index (χ1v) is 15.6. The molecule has 0 aliphatic rings. The Morgan fingerprint density at radius 2 is 0.960 bits per heavy atom. The van der Waals surface area contributed by atoms with Crippen molar-refractivity contribution < 1.29 is 0 Å². The van der Waals surface area contributed by atoms with Gasteiger partial charge in [0, 0.05) is 0 Å². The first-order chi connectivity index (χ1) is 11.9. The maximum atomic E-state index is 6.82. The van der Waals surface area contributed by atoms with E-state index in [0.717, 1.165) is 6.16 Å². The number of hydrogen-bond acceptors (Lipinski definition) is 0. The van der Waals surface area contributed by atoms with Gasteiger partial charge in [-0.05, 0) is 0 Å². The van der Waals surface area contributed by atoms with Gasteiger partial charge in [-0.3, -0.25) is 0 Å². The van der Waals surface area contributed by atoms with Gasteiger partial charge in [0.15, 0.2) is 0 Å². The van der Waals surface area contributed by atoms with Gasteiger partial charge in [-0.2, -0.15) is 0 Å². The summed E-state index contributed by atoms with van der Waals surface area (Å²) in [6.07, 6.45) is 27.1. The summed E-state index contributed by atoms with van der Waals surface area (Å²) in [5, 5.41) is 0. The number of halogens is 1. The molecule has 2 heteroatoms. The van der Waals surface area contributed by atoms with Crippen LogP contribution in [0.3, 0.4) is 0 Å². The second kappa shape index (κ2) is 15.5. The first kappa shape index (κ1) is 25.5. The van der Waals surface area contributed by atoms with E-state index in [9.17, 15) is 0 Å². The molecule has 0 fully saturated rings. The average molecular weight is 391 g/mol. The molecule has 0 amide bonds. The van der Waals surface area contributed by atoms with E-state index in [2.05, 4.69) is 26.8 Å². The molecule has 152 valence electrons. The number of unbranched alkanes of at least 4 members (excludes halogenated alkanes) is 15. The van der Waals surface area contributed by atoms with Crippen LogP contribution in [0, 0.1) is 0 Å². The molecule has 0 saturated heterocycles. The molecule has 0 N–H and O–H groups in total. The van der Waals surface area contributed by atoms with Crippen molar-refractivity contribution in [3.05, 3.63) is 12.7 Å². The normalized spacial score (nSPS) is 13.5. The van der Waals surface area contributed by atoms with Crippen molar-refractivity contribution in [3.8, 4) is 0 Å². The van der Waals surface area contributed by atoms with Crippen LogP contribution in [0.15, 0.2) is 12.7 Å². The van der Waals surface area contributed by atoms with Gasteiger partial charge in [-0.15, -0.1) is 0 Å². The van der Waals surface area contributed by atoms with Crippen LogP contribution in [0.2, 0.25) is 0 Å². The smallest absolute Gasteiger partial charge is 0.0654 e. The third kappa shape index (κ3) is 19.0. The van der Waals surface area contributed by atoms with Crippen LogP contribution in [-0.2, 0) is 0 Å². The third-order valence-electron chi connectivity index (χ3n) is 5.39. The zero-order chi connectivity index (χ0) is 18.9. The van der Waals surface area contributed by atoms with Crippen LogP contribution in [0.1, 0.15) is 110 Å². The van der Waals surface area contributed by atoms with E-state index >= 15 is 0 Å². The van der Waals surface area contributed by atoms with Crippen molar-refractivity contribution in [1.29, 1.82) is 0 Å². The Morgan fingerprint density at radius 1 is 0.640 bits per heavy atom. The Hall–Kier alpha value is 0.460. The van der Waals surface area contributed by atoms with E-state index in [4.69, 9.17) is 11.2 Å². The Bertz CT molecular complexity index is 303. The number of rotatable bonds is 19. The molecule has 0 atom stereocenters. The Morgan fingerprint density at radius 3 is 1.28 bits per heavy atom. The van der Waals surface area contributed by atoms with Crippen LogP contribution in [-0.4, -0.2) is 25.7 Å². The molecule has 0 radical (unpaired) electrons. The van der Waals surface area contributed by atoms with Gasteiger partial charge in [-0.1, -0.05) is 39.0 Å². The molecule has 0 aromatic rings. The maximum absolute atomic E-state index is 6.82. The van der Waals surface area contributed by atoms with Crippen molar-refractivity contribution in [3.63, 3.8) is 0 Å². The van der Waals surface area contributed by atoms with Crippen molar-refractivity contribution >= 4 is 17.2 Å². The molecule has 0 aromatic carbocycles. The van der Waals surface area contributed by atoms with E-state index in [1.165, 1.54) is 109 Å². The fraction of sp³-hybridized carbons (Fsp3) is 0.913. The Kier molecular flexibility index (Phi) is 15.8. The number of allylic oxidation sites excluding steroid dienone is 1. The van der Waals surface area contributed by atoms with Crippen molar-refractivity contribution in [2.45, 2.75) is 110 Å². The van der Waals surface area contributed by atoms with Gasteiger partial charge in [0.1, 0.15) is 0 Å². The van der Waals surface area contributed by atoms with Crippen LogP contribution >= 0.6 is 17.2 Å². The van der Waals surface area contributed by atoms with Gasteiger partial charge in [0.2, 0.25) is 0 Å². The van der Waals surface area contributed by atoms with Crippen LogP contribution in [0.4, 0.5) is 0 Å². The molecule has 0 nitrogen and oxygen atoms in total. The summed E-state index contributed by atoms with van der Waals surface area (Å²) in [7, 11) is 0. The molecule has 0 unspecified atom stereocenters. The van der Waals surface area contributed by atoms with Crippen molar-refractivity contribution in [1.82, 2.24) is 0 Å².